The molecule has 0 saturated carbocycles. The molecule has 134 valence electrons. The van der Waals surface area contributed by atoms with Crippen LogP contribution in [-0.4, -0.2) is 17.0 Å². The summed E-state index contributed by atoms with van der Waals surface area (Å²) < 4.78 is 44.1. The fourth-order valence-corrected chi connectivity index (χ4v) is 2.11. The third-order valence-electron chi connectivity index (χ3n) is 2.96. The van der Waals surface area contributed by atoms with Crippen molar-refractivity contribution < 1.29 is 22.7 Å². The Bertz CT molecular complexity index is 767. The predicted molar refractivity (Wildman–Crippen MR) is 87.5 cm³/mol. The van der Waals surface area contributed by atoms with Gasteiger partial charge in [0.2, 0.25) is 5.88 Å². The van der Waals surface area contributed by atoms with Gasteiger partial charge in [-0.25, -0.2) is 4.98 Å². The van der Waals surface area contributed by atoms with E-state index in [-0.39, 0.29) is 28.3 Å². The maximum Gasteiger partial charge on any atom is 0.418 e. The zero-order valence-electron chi connectivity index (χ0n) is 13.3. The van der Waals surface area contributed by atoms with E-state index in [1.54, 1.807) is 13.8 Å². The van der Waals surface area contributed by atoms with Crippen molar-refractivity contribution >= 4 is 23.2 Å². The molecule has 0 aliphatic heterocycles. The Kier molecular flexibility index (Phi) is 5.73. The van der Waals surface area contributed by atoms with E-state index < -0.39 is 17.6 Å². The number of halogens is 4. The van der Waals surface area contributed by atoms with Gasteiger partial charge in [-0.1, -0.05) is 23.7 Å². The molecule has 0 radical (unpaired) electrons. The van der Waals surface area contributed by atoms with Crippen LogP contribution in [0, 0.1) is 0 Å². The quantitative estimate of drug-likeness (QED) is 0.767. The molecule has 1 aromatic carbocycles. The minimum atomic E-state index is -4.55. The number of amides is 1. The number of hydrogen-bond acceptors (Lipinski definition) is 4. The highest BCUT2D eigenvalue weighted by atomic mass is 35.5. The summed E-state index contributed by atoms with van der Waals surface area (Å²) in [5, 5.41) is 0.122. The average molecular weight is 374 g/mol. The average Bonchev–Trinajstić information content (AvgIpc) is 2.53. The van der Waals surface area contributed by atoms with Gasteiger partial charge in [-0.3, -0.25) is 15.6 Å². The Balaban J connectivity index is 2.10. The molecule has 0 bridgehead atoms. The summed E-state index contributed by atoms with van der Waals surface area (Å²) in [5.74, 6) is -0.522. The predicted octanol–water partition coefficient (Wildman–Crippen LogP) is 4.30. The lowest BCUT2D eigenvalue weighted by Crippen LogP contribution is -2.30. The van der Waals surface area contributed by atoms with Gasteiger partial charge in [-0.2, -0.15) is 13.2 Å². The molecule has 1 amide bonds. The Morgan fingerprint density at radius 3 is 2.56 bits per heavy atom. The van der Waals surface area contributed by atoms with Crippen LogP contribution in [0.1, 0.15) is 29.8 Å². The maximum absolute atomic E-state index is 12.9. The second-order valence-corrected chi connectivity index (χ2v) is 5.71. The van der Waals surface area contributed by atoms with E-state index in [0.29, 0.717) is 0 Å². The molecule has 1 heterocycles. The number of carbonyl (C=O) groups excluding carboxylic acids is 1. The lowest BCUT2D eigenvalue weighted by Gasteiger charge is -2.15. The Morgan fingerprint density at radius 2 is 1.96 bits per heavy atom. The first-order valence-corrected chi connectivity index (χ1v) is 7.61. The summed E-state index contributed by atoms with van der Waals surface area (Å²) in [4.78, 5) is 16.0. The number of hydrogen-bond donors (Lipinski definition) is 2. The van der Waals surface area contributed by atoms with Crippen LogP contribution in [0.15, 0.2) is 36.5 Å². The van der Waals surface area contributed by atoms with Crippen molar-refractivity contribution in [3.8, 4) is 5.88 Å². The molecular weight excluding hydrogens is 359 g/mol. The van der Waals surface area contributed by atoms with Crippen molar-refractivity contribution in [3.05, 3.63) is 52.7 Å². The van der Waals surface area contributed by atoms with Gasteiger partial charge >= 0.3 is 6.18 Å². The van der Waals surface area contributed by atoms with Crippen LogP contribution in [0.3, 0.4) is 0 Å². The number of anilines is 1. The van der Waals surface area contributed by atoms with Crippen molar-refractivity contribution in [2.24, 2.45) is 0 Å². The number of nitrogens with zero attached hydrogens (tertiary/aromatic N) is 1. The Labute approximate surface area is 147 Å². The number of hydrazine groups is 1. The molecule has 5 nitrogen and oxygen atoms in total. The van der Waals surface area contributed by atoms with Crippen molar-refractivity contribution in [2.45, 2.75) is 26.1 Å². The topological polar surface area (TPSA) is 63.2 Å². The summed E-state index contributed by atoms with van der Waals surface area (Å²) in [6.07, 6.45) is -3.48. The van der Waals surface area contributed by atoms with E-state index >= 15 is 0 Å². The van der Waals surface area contributed by atoms with Gasteiger partial charge in [0, 0.05) is 6.20 Å². The van der Waals surface area contributed by atoms with E-state index in [9.17, 15) is 18.0 Å². The normalized spacial score (nSPS) is 11.3. The highest BCUT2D eigenvalue weighted by Gasteiger charge is 2.33. The molecule has 1 aromatic heterocycles. The molecule has 0 saturated heterocycles. The van der Waals surface area contributed by atoms with Crippen LogP contribution < -0.4 is 15.6 Å². The first-order chi connectivity index (χ1) is 11.7. The number of ether oxygens (including phenoxy) is 1. The van der Waals surface area contributed by atoms with Gasteiger partial charge in [0.1, 0.15) is 5.02 Å². The number of carbonyl (C=O) groups is 1. The smallest absolute Gasteiger partial charge is 0.418 e. The van der Waals surface area contributed by atoms with Crippen molar-refractivity contribution in [1.29, 1.82) is 0 Å². The van der Waals surface area contributed by atoms with Gasteiger partial charge in [0.25, 0.3) is 5.91 Å². The number of para-hydroxylation sites is 1. The molecule has 0 aliphatic carbocycles. The number of nitrogens with one attached hydrogen (secondary N) is 2. The van der Waals surface area contributed by atoms with Crippen molar-refractivity contribution in [1.82, 2.24) is 10.4 Å². The number of rotatable bonds is 5. The summed E-state index contributed by atoms with van der Waals surface area (Å²) in [5.41, 5.74) is 3.35. The summed E-state index contributed by atoms with van der Waals surface area (Å²) in [6, 6.07) is 6.10. The largest absolute Gasteiger partial charge is 0.474 e. The highest BCUT2D eigenvalue weighted by molar-refractivity contribution is 6.32. The lowest BCUT2D eigenvalue weighted by atomic mass is 10.2. The minimum absolute atomic E-state index is 0.0677. The summed E-state index contributed by atoms with van der Waals surface area (Å²) in [7, 11) is 0. The maximum atomic E-state index is 12.9. The molecule has 2 N–H and O–H groups in total. The minimum Gasteiger partial charge on any atom is -0.474 e. The molecule has 0 unspecified atom stereocenters. The molecular formula is C16H15ClF3N3O2. The summed E-state index contributed by atoms with van der Waals surface area (Å²) >= 11 is 5.98. The first kappa shape index (κ1) is 18.9. The Hall–Kier alpha value is -2.48. The van der Waals surface area contributed by atoms with E-state index in [2.05, 4.69) is 15.8 Å². The SMILES string of the molecule is CC(C)Oc1ncc(C(=O)NNc2ccccc2C(F)(F)F)cc1Cl. The molecule has 0 fully saturated rings. The van der Waals surface area contributed by atoms with E-state index in [1.807, 2.05) is 0 Å². The fraction of sp³-hybridized carbons (Fsp3) is 0.250. The first-order valence-electron chi connectivity index (χ1n) is 7.23. The molecule has 2 aromatic rings. The van der Waals surface area contributed by atoms with Gasteiger partial charge in [-0.15, -0.1) is 0 Å². The molecule has 2 rings (SSSR count). The number of alkyl halides is 3. The van der Waals surface area contributed by atoms with E-state index in [0.717, 1.165) is 6.07 Å². The van der Waals surface area contributed by atoms with Crippen LogP contribution >= 0.6 is 11.6 Å². The Morgan fingerprint density at radius 1 is 1.28 bits per heavy atom. The van der Waals surface area contributed by atoms with Crippen LogP contribution in [0.5, 0.6) is 5.88 Å². The third-order valence-corrected chi connectivity index (χ3v) is 3.23. The van der Waals surface area contributed by atoms with Crippen LogP contribution in [-0.2, 0) is 6.18 Å². The lowest BCUT2D eigenvalue weighted by molar-refractivity contribution is -0.137. The fourth-order valence-electron chi connectivity index (χ4n) is 1.90. The number of aromatic nitrogens is 1. The van der Waals surface area contributed by atoms with Gasteiger partial charge in [0.15, 0.2) is 0 Å². The van der Waals surface area contributed by atoms with Gasteiger partial charge in [-0.05, 0) is 32.0 Å². The van der Waals surface area contributed by atoms with Crippen LogP contribution in [0.25, 0.3) is 0 Å². The molecule has 0 aliphatic rings. The van der Waals surface area contributed by atoms with Crippen LogP contribution in [0.4, 0.5) is 18.9 Å². The third kappa shape index (κ3) is 4.99. The van der Waals surface area contributed by atoms with E-state index in [1.165, 1.54) is 30.5 Å². The van der Waals surface area contributed by atoms with Gasteiger partial charge in [0.05, 0.1) is 22.9 Å². The van der Waals surface area contributed by atoms with E-state index in [4.69, 9.17) is 16.3 Å². The standard InChI is InChI=1S/C16H15ClF3N3O2/c1-9(2)25-15-12(17)7-10(8-21-15)14(24)23-22-13-6-4-3-5-11(13)16(18,19)20/h3-9,22H,1-2H3,(H,23,24). The second kappa shape index (κ2) is 7.60. The molecule has 0 spiro atoms. The number of pyridine rings is 1. The van der Waals surface area contributed by atoms with Crippen LogP contribution in [0.2, 0.25) is 5.02 Å². The molecule has 0 atom stereocenters. The zero-order chi connectivity index (χ0) is 18.6. The van der Waals surface area contributed by atoms with Crippen molar-refractivity contribution in [3.63, 3.8) is 0 Å². The summed E-state index contributed by atoms with van der Waals surface area (Å²) in [6.45, 7) is 3.58. The molecule has 25 heavy (non-hydrogen) atoms. The van der Waals surface area contributed by atoms with Crippen molar-refractivity contribution in [2.75, 3.05) is 5.43 Å². The highest BCUT2D eigenvalue weighted by Crippen LogP contribution is 2.34. The number of benzene rings is 1. The second-order valence-electron chi connectivity index (χ2n) is 5.30. The molecule has 9 heteroatoms. The monoisotopic (exact) mass is 373 g/mol. The zero-order valence-corrected chi connectivity index (χ0v) is 14.1. The van der Waals surface area contributed by atoms with Gasteiger partial charge < -0.3 is 4.74 Å².